The number of nitrogens with zero attached hydrogens (tertiary/aromatic N) is 2. The summed E-state index contributed by atoms with van der Waals surface area (Å²) in [5, 5.41) is 0.914. The summed E-state index contributed by atoms with van der Waals surface area (Å²) in [7, 11) is 1.90. The van der Waals surface area contributed by atoms with Crippen molar-refractivity contribution >= 4 is 22.4 Å². The normalized spacial score (nSPS) is 10.8. The van der Waals surface area contributed by atoms with E-state index in [-0.39, 0.29) is 0 Å². The Morgan fingerprint density at radius 1 is 1.42 bits per heavy atom. The summed E-state index contributed by atoms with van der Waals surface area (Å²) in [6.45, 7) is 0. The highest BCUT2D eigenvalue weighted by atomic mass is 15.0. The number of anilines is 2. The molecule has 4 N–H and O–H groups in total. The zero-order valence-electron chi connectivity index (χ0n) is 6.78. The number of nitrogens with two attached hydrogens (primary N) is 2. The first-order valence-electron chi connectivity index (χ1n) is 3.64. The Hall–Kier alpha value is -1.71. The first-order valence-corrected chi connectivity index (χ1v) is 3.64. The molecule has 0 radical (unpaired) electrons. The molecule has 4 nitrogen and oxygen atoms in total. The molecule has 2 rings (SSSR count). The van der Waals surface area contributed by atoms with Crippen molar-refractivity contribution in [3.8, 4) is 0 Å². The van der Waals surface area contributed by atoms with Gasteiger partial charge in [0.15, 0.2) is 0 Å². The molecule has 0 unspecified atom stereocenters. The summed E-state index contributed by atoms with van der Waals surface area (Å²) in [6, 6.07) is 1.83. The van der Waals surface area contributed by atoms with Crippen LogP contribution in [0.1, 0.15) is 0 Å². The molecular formula is C8H10N4. The highest BCUT2D eigenvalue weighted by Gasteiger charge is 2.03. The van der Waals surface area contributed by atoms with Crippen LogP contribution in [0.15, 0.2) is 18.5 Å². The Morgan fingerprint density at radius 2 is 2.17 bits per heavy atom. The number of hydrogen-bond donors (Lipinski definition) is 2. The molecule has 0 aromatic carbocycles. The largest absolute Gasteiger partial charge is 0.397 e. The summed E-state index contributed by atoms with van der Waals surface area (Å²) in [5.74, 6) is 0. The van der Waals surface area contributed by atoms with E-state index in [9.17, 15) is 0 Å². The van der Waals surface area contributed by atoms with Crippen LogP contribution in [0.4, 0.5) is 11.4 Å². The fourth-order valence-corrected chi connectivity index (χ4v) is 1.31. The molecule has 0 aliphatic carbocycles. The second kappa shape index (κ2) is 2.14. The minimum Gasteiger partial charge on any atom is -0.397 e. The van der Waals surface area contributed by atoms with Crippen LogP contribution >= 0.6 is 0 Å². The van der Waals surface area contributed by atoms with Crippen LogP contribution in [0, 0.1) is 0 Å². The summed E-state index contributed by atoms with van der Waals surface area (Å²) < 4.78 is 1.88. The van der Waals surface area contributed by atoms with Crippen molar-refractivity contribution in [3.63, 3.8) is 0 Å². The van der Waals surface area contributed by atoms with Crippen LogP contribution in [-0.4, -0.2) is 9.55 Å². The number of pyridine rings is 1. The van der Waals surface area contributed by atoms with Crippen LogP contribution < -0.4 is 11.5 Å². The molecule has 0 amide bonds. The molecule has 0 atom stereocenters. The van der Waals surface area contributed by atoms with E-state index in [2.05, 4.69) is 4.98 Å². The Labute approximate surface area is 69.8 Å². The summed E-state index contributed by atoms with van der Waals surface area (Å²) >= 11 is 0. The third kappa shape index (κ3) is 0.812. The van der Waals surface area contributed by atoms with Crippen LogP contribution in [0.3, 0.4) is 0 Å². The van der Waals surface area contributed by atoms with E-state index in [1.807, 2.05) is 23.9 Å². The van der Waals surface area contributed by atoms with Gasteiger partial charge >= 0.3 is 0 Å². The summed E-state index contributed by atoms with van der Waals surface area (Å²) in [5.41, 5.74) is 13.5. The van der Waals surface area contributed by atoms with Crippen LogP contribution in [0.2, 0.25) is 0 Å². The molecule has 0 spiro atoms. The molecule has 62 valence electrons. The molecule has 0 saturated heterocycles. The van der Waals surface area contributed by atoms with Gasteiger partial charge in [-0.3, -0.25) is 0 Å². The van der Waals surface area contributed by atoms with Gasteiger partial charge in [0.25, 0.3) is 0 Å². The molecule has 2 aromatic heterocycles. The zero-order chi connectivity index (χ0) is 8.72. The molecule has 2 heterocycles. The van der Waals surface area contributed by atoms with Gasteiger partial charge in [0.2, 0.25) is 0 Å². The average molecular weight is 162 g/mol. The van der Waals surface area contributed by atoms with Gasteiger partial charge in [-0.05, 0) is 6.07 Å². The first kappa shape index (κ1) is 6.97. The Balaban J connectivity index is 2.90. The monoisotopic (exact) mass is 162 g/mol. The standard InChI is InChI=1S/C8H10N4/c1-12-4-7(10)6-2-5(9)3-11-8(6)12/h2-4H,9-10H2,1H3. The number of aromatic nitrogens is 2. The second-order valence-electron chi connectivity index (χ2n) is 2.84. The maximum absolute atomic E-state index is 5.73. The minimum absolute atomic E-state index is 0.639. The lowest BCUT2D eigenvalue weighted by Gasteiger charge is -1.95. The van der Waals surface area contributed by atoms with Crippen LogP contribution in [0.25, 0.3) is 11.0 Å². The molecule has 0 aliphatic heterocycles. The minimum atomic E-state index is 0.639. The highest BCUT2D eigenvalue weighted by Crippen LogP contribution is 2.21. The van der Waals surface area contributed by atoms with E-state index in [0.29, 0.717) is 11.4 Å². The molecule has 0 bridgehead atoms. The fraction of sp³-hybridized carbons (Fsp3) is 0.125. The van der Waals surface area contributed by atoms with Gasteiger partial charge in [-0.2, -0.15) is 0 Å². The molecule has 4 heteroatoms. The molecule has 2 aromatic rings. The van der Waals surface area contributed by atoms with E-state index in [1.165, 1.54) is 0 Å². The lowest BCUT2D eigenvalue weighted by Crippen LogP contribution is -1.90. The van der Waals surface area contributed by atoms with Crippen LogP contribution in [0.5, 0.6) is 0 Å². The molecule has 12 heavy (non-hydrogen) atoms. The zero-order valence-corrected chi connectivity index (χ0v) is 6.78. The number of nitrogen functional groups attached to an aromatic ring is 2. The van der Waals surface area contributed by atoms with Crippen molar-refractivity contribution in [2.45, 2.75) is 0 Å². The lowest BCUT2D eigenvalue weighted by molar-refractivity contribution is 0.950. The molecule has 0 saturated carbocycles. The third-order valence-electron chi connectivity index (χ3n) is 1.87. The van der Waals surface area contributed by atoms with E-state index in [1.54, 1.807) is 6.20 Å². The van der Waals surface area contributed by atoms with E-state index < -0.39 is 0 Å². The molecular weight excluding hydrogens is 152 g/mol. The van der Waals surface area contributed by atoms with Crippen molar-refractivity contribution in [3.05, 3.63) is 18.5 Å². The van der Waals surface area contributed by atoms with Gasteiger partial charge in [-0.25, -0.2) is 4.98 Å². The van der Waals surface area contributed by atoms with E-state index in [0.717, 1.165) is 11.0 Å². The van der Waals surface area contributed by atoms with Crippen molar-refractivity contribution in [2.75, 3.05) is 11.5 Å². The number of fused-ring (bicyclic) bond motifs is 1. The molecule has 0 aliphatic rings. The van der Waals surface area contributed by atoms with E-state index >= 15 is 0 Å². The maximum atomic E-state index is 5.73. The Morgan fingerprint density at radius 3 is 2.92 bits per heavy atom. The van der Waals surface area contributed by atoms with Gasteiger partial charge in [0.05, 0.1) is 17.6 Å². The van der Waals surface area contributed by atoms with Crippen LogP contribution in [-0.2, 0) is 7.05 Å². The maximum Gasteiger partial charge on any atom is 0.141 e. The average Bonchev–Trinajstić information content (AvgIpc) is 2.28. The van der Waals surface area contributed by atoms with Gasteiger partial charge < -0.3 is 16.0 Å². The van der Waals surface area contributed by atoms with Crippen molar-refractivity contribution in [2.24, 2.45) is 7.05 Å². The topological polar surface area (TPSA) is 69.9 Å². The van der Waals surface area contributed by atoms with Crippen molar-refractivity contribution < 1.29 is 0 Å². The van der Waals surface area contributed by atoms with E-state index in [4.69, 9.17) is 11.5 Å². The van der Waals surface area contributed by atoms with Gasteiger partial charge in [-0.1, -0.05) is 0 Å². The third-order valence-corrected chi connectivity index (χ3v) is 1.87. The van der Waals surface area contributed by atoms with Gasteiger partial charge in [-0.15, -0.1) is 0 Å². The number of aryl methyl sites for hydroxylation is 1. The number of hydrogen-bond acceptors (Lipinski definition) is 3. The predicted octanol–water partition coefficient (Wildman–Crippen LogP) is 0.738. The van der Waals surface area contributed by atoms with Gasteiger partial charge in [0.1, 0.15) is 5.65 Å². The smallest absolute Gasteiger partial charge is 0.141 e. The molecule has 0 fully saturated rings. The lowest BCUT2D eigenvalue weighted by atomic mass is 10.3. The summed E-state index contributed by atoms with van der Waals surface area (Å²) in [4.78, 5) is 4.16. The second-order valence-corrected chi connectivity index (χ2v) is 2.84. The highest BCUT2D eigenvalue weighted by molar-refractivity contribution is 5.90. The van der Waals surface area contributed by atoms with Gasteiger partial charge in [0, 0.05) is 18.6 Å². The Kier molecular flexibility index (Phi) is 1.24. The Bertz CT molecular complexity index is 430. The van der Waals surface area contributed by atoms with Crippen molar-refractivity contribution in [1.29, 1.82) is 0 Å². The quantitative estimate of drug-likeness (QED) is 0.600. The van der Waals surface area contributed by atoms with Crippen molar-refractivity contribution in [1.82, 2.24) is 9.55 Å². The SMILES string of the molecule is Cn1cc(N)c2cc(N)cnc21. The first-order chi connectivity index (χ1) is 5.68. The summed E-state index contributed by atoms with van der Waals surface area (Å²) in [6.07, 6.45) is 3.46. The predicted molar refractivity (Wildman–Crippen MR) is 49.5 cm³/mol. The number of rotatable bonds is 0. The fourth-order valence-electron chi connectivity index (χ4n) is 1.31.